The molecule has 1 aromatic carbocycles. The number of hydrogen-bond donors (Lipinski definition) is 0. The zero-order valence-electron chi connectivity index (χ0n) is 9.13. The van der Waals surface area contributed by atoms with Crippen LogP contribution in [0.5, 0.6) is 11.5 Å². The highest BCUT2D eigenvalue weighted by atomic mass is 79.9. The fraction of sp³-hybridized carbons (Fsp3) is 0.455. The Morgan fingerprint density at radius 1 is 1.33 bits per heavy atom. The molecule has 0 unspecified atom stereocenters. The Balaban J connectivity index is 2.62. The van der Waals surface area contributed by atoms with E-state index in [4.69, 9.17) is 9.47 Å². The molecule has 0 radical (unpaired) electrons. The van der Waals surface area contributed by atoms with Crippen molar-refractivity contribution in [3.8, 4) is 11.5 Å². The highest BCUT2D eigenvalue weighted by Gasteiger charge is 2.24. The van der Waals surface area contributed by atoms with Crippen molar-refractivity contribution in [3.63, 3.8) is 0 Å². The minimum atomic E-state index is 0.769. The fourth-order valence-corrected chi connectivity index (χ4v) is 2.91. The van der Waals surface area contributed by atoms with Gasteiger partial charge in [0.2, 0.25) is 0 Å². The van der Waals surface area contributed by atoms with Crippen molar-refractivity contribution in [2.75, 3.05) is 32.7 Å². The van der Waals surface area contributed by atoms with E-state index in [-0.39, 0.29) is 0 Å². The van der Waals surface area contributed by atoms with Crippen LogP contribution in [0.2, 0.25) is 0 Å². The molecule has 1 aliphatic heterocycles. The molecule has 0 spiro atoms. The van der Waals surface area contributed by atoms with Crippen LogP contribution < -0.4 is 14.4 Å². The number of nitrogens with zero attached hydrogens (tertiary/aromatic N) is 1. The van der Waals surface area contributed by atoms with Gasteiger partial charge in [0.15, 0.2) is 11.5 Å². The fourth-order valence-electron chi connectivity index (χ4n) is 1.99. The maximum absolute atomic E-state index is 5.34. The number of methoxy groups -OCH3 is 2. The van der Waals surface area contributed by atoms with E-state index in [1.165, 1.54) is 11.3 Å². The lowest BCUT2D eigenvalue weighted by molar-refractivity contribution is 0.353. The Morgan fingerprint density at radius 3 is 2.67 bits per heavy atom. The predicted octanol–water partition coefficient (Wildman–Crippen LogP) is 2.46. The van der Waals surface area contributed by atoms with Gasteiger partial charge < -0.3 is 14.4 Å². The molecule has 0 saturated heterocycles. The molecule has 0 amide bonds. The van der Waals surface area contributed by atoms with Crippen LogP contribution in [0.1, 0.15) is 5.56 Å². The molecule has 0 aromatic heterocycles. The van der Waals surface area contributed by atoms with Crippen molar-refractivity contribution < 1.29 is 9.47 Å². The van der Waals surface area contributed by atoms with Gasteiger partial charge in [-0.3, -0.25) is 0 Å². The number of anilines is 1. The Labute approximate surface area is 98.1 Å². The summed E-state index contributed by atoms with van der Waals surface area (Å²) in [7, 11) is 5.40. The van der Waals surface area contributed by atoms with Gasteiger partial charge in [-0.25, -0.2) is 0 Å². The summed E-state index contributed by atoms with van der Waals surface area (Å²) >= 11 is 3.58. The van der Waals surface area contributed by atoms with Crippen molar-refractivity contribution >= 4 is 21.6 Å². The molecule has 4 heteroatoms. The number of likely N-dealkylation sites (N-methyl/N-ethyl adjacent to an activating group) is 1. The van der Waals surface area contributed by atoms with E-state index in [9.17, 15) is 0 Å². The molecule has 0 aliphatic carbocycles. The van der Waals surface area contributed by atoms with Crippen LogP contribution in [0.3, 0.4) is 0 Å². The maximum atomic E-state index is 5.34. The van der Waals surface area contributed by atoms with Crippen LogP contribution in [0.25, 0.3) is 0 Å². The van der Waals surface area contributed by atoms with Gasteiger partial charge in [-0.2, -0.15) is 0 Å². The molecule has 0 saturated carbocycles. The molecule has 0 fully saturated rings. The van der Waals surface area contributed by atoms with Crippen molar-refractivity contribution in [1.29, 1.82) is 0 Å². The summed E-state index contributed by atoms with van der Waals surface area (Å²) in [6.45, 7) is 1.05. The molecule has 15 heavy (non-hydrogen) atoms. The normalized spacial score (nSPS) is 14.0. The standard InChI is InChI=1S/C11H14BrNO2/c1-13-5-4-7-6-8(14-2)11(15-3)9(12)10(7)13/h6H,4-5H2,1-3H3. The summed E-state index contributed by atoms with van der Waals surface area (Å²) in [6.07, 6.45) is 1.06. The molecule has 82 valence electrons. The Morgan fingerprint density at radius 2 is 2.07 bits per heavy atom. The second-order valence-electron chi connectivity index (χ2n) is 3.61. The van der Waals surface area contributed by atoms with Crippen LogP contribution in [-0.2, 0) is 6.42 Å². The summed E-state index contributed by atoms with van der Waals surface area (Å²) in [5.74, 6) is 1.56. The van der Waals surface area contributed by atoms with Crippen molar-refractivity contribution in [1.82, 2.24) is 0 Å². The van der Waals surface area contributed by atoms with Crippen molar-refractivity contribution in [2.45, 2.75) is 6.42 Å². The number of hydrogen-bond acceptors (Lipinski definition) is 3. The third kappa shape index (κ3) is 1.57. The van der Waals surface area contributed by atoms with E-state index in [0.29, 0.717) is 0 Å². The van der Waals surface area contributed by atoms with E-state index >= 15 is 0 Å². The van der Waals surface area contributed by atoms with Gasteiger partial charge >= 0.3 is 0 Å². The van der Waals surface area contributed by atoms with E-state index in [0.717, 1.165) is 28.9 Å². The number of benzene rings is 1. The first-order valence-corrected chi connectivity index (χ1v) is 5.62. The van der Waals surface area contributed by atoms with Gasteiger partial charge in [0, 0.05) is 13.6 Å². The van der Waals surface area contributed by atoms with Gasteiger partial charge in [-0.05, 0) is 34.0 Å². The molecule has 1 heterocycles. The largest absolute Gasteiger partial charge is 0.493 e. The van der Waals surface area contributed by atoms with Gasteiger partial charge in [0.1, 0.15) is 0 Å². The van der Waals surface area contributed by atoms with Crippen LogP contribution in [0.15, 0.2) is 10.5 Å². The zero-order chi connectivity index (χ0) is 11.0. The van der Waals surface area contributed by atoms with Crippen molar-refractivity contribution in [2.24, 2.45) is 0 Å². The molecule has 0 N–H and O–H groups in total. The van der Waals surface area contributed by atoms with E-state index in [1.807, 2.05) is 0 Å². The highest BCUT2D eigenvalue weighted by Crippen LogP contribution is 2.46. The van der Waals surface area contributed by atoms with E-state index in [1.54, 1.807) is 14.2 Å². The average Bonchev–Trinajstić information content (AvgIpc) is 2.60. The molecule has 0 bridgehead atoms. The molecule has 0 atom stereocenters. The van der Waals surface area contributed by atoms with Crippen molar-refractivity contribution in [3.05, 3.63) is 16.1 Å². The molecular formula is C11H14BrNO2. The topological polar surface area (TPSA) is 21.7 Å². The van der Waals surface area contributed by atoms with Gasteiger partial charge in [0.05, 0.1) is 24.4 Å². The highest BCUT2D eigenvalue weighted by molar-refractivity contribution is 9.10. The third-order valence-electron chi connectivity index (χ3n) is 2.76. The number of fused-ring (bicyclic) bond motifs is 1. The summed E-state index contributed by atoms with van der Waals surface area (Å²) in [4.78, 5) is 2.22. The molecule has 1 aliphatic rings. The lowest BCUT2D eigenvalue weighted by Gasteiger charge is -2.17. The molecule has 1 aromatic rings. The molecule has 2 rings (SSSR count). The number of ether oxygens (including phenoxy) is 2. The summed E-state index contributed by atoms with van der Waals surface area (Å²) in [5, 5.41) is 0. The zero-order valence-corrected chi connectivity index (χ0v) is 10.7. The molecular weight excluding hydrogens is 258 g/mol. The van der Waals surface area contributed by atoms with Gasteiger partial charge in [-0.15, -0.1) is 0 Å². The number of halogens is 1. The smallest absolute Gasteiger partial charge is 0.177 e. The summed E-state index contributed by atoms with van der Waals surface area (Å²) in [5.41, 5.74) is 2.52. The third-order valence-corrected chi connectivity index (χ3v) is 3.50. The Bertz CT molecular complexity index is 392. The quantitative estimate of drug-likeness (QED) is 0.825. The predicted molar refractivity (Wildman–Crippen MR) is 64.2 cm³/mol. The second-order valence-corrected chi connectivity index (χ2v) is 4.40. The SMILES string of the molecule is COc1cc2c(c(Br)c1OC)N(C)CC2. The first-order chi connectivity index (χ1) is 7.19. The van der Waals surface area contributed by atoms with E-state index in [2.05, 4.69) is 33.9 Å². The first kappa shape index (κ1) is 10.6. The summed E-state index contributed by atoms with van der Waals surface area (Å²) in [6, 6.07) is 2.06. The Hall–Kier alpha value is -0.900. The summed E-state index contributed by atoms with van der Waals surface area (Å²) < 4.78 is 11.6. The Kier molecular flexibility index (Phi) is 2.78. The van der Waals surface area contributed by atoms with Gasteiger partial charge in [0.25, 0.3) is 0 Å². The van der Waals surface area contributed by atoms with Crippen LogP contribution in [0, 0.1) is 0 Å². The van der Waals surface area contributed by atoms with E-state index < -0.39 is 0 Å². The van der Waals surface area contributed by atoms with Crippen LogP contribution in [0.4, 0.5) is 5.69 Å². The van der Waals surface area contributed by atoms with Gasteiger partial charge in [-0.1, -0.05) is 0 Å². The number of rotatable bonds is 2. The minimum Gasteiger partial charge on any atom is -0.493 e. The minimum absolute atomic E-state index is 0.769. The monoisotopic (exact) mass is 271 g/mol. The average molecular weight is 272 g/mol. The molecule has 3 nitrogen and oxygen atoms in total. The maximum Gasteiger partial charge on any atom is 0.177 e. The lowest BCUT2D eigenvalue weighted by Crippen LogP contribution is -2.13. The van der Waals surface area contributed by atoms with Crippen LogP contribution in [-0.4, -0.2) is 27.8 Å². The van der Waals surface area contributed by atoms with Crippen LogP contribution >= 0.6 is 15.9 Å². The second kappa shape index (κ2) is 3.93. The lowest BCUT2D eigenvalue weighted by atomic mass is 10.1. The first-order valence-electron chi connectivity index (χ1n) is 4.83.